The van der Waals surface area contributed by atoms with Crippen molar-refractivity contribution in [2.45, 2.75) is 12.8 Å². The number of hydrogen-bond acceptors (Lipinski definition) is 4. The molecule has 0 radical (unpaired) electrons. The van der Waals surface area contributed by atoms with Crippen LogP contribution < -0.4 is 0 Å². The van der Waals surface area contributed by atoms with E-state index in [0.717, 1.165) is 43.4 Å². The van der Waals surface area contributed by atoms with Crippen LogP contribution >= 0.6 is 0 Å². The number of nitrogens with zero attached hydrogens (tertiary/aromatic N) is 2. The van der Waals surface area contributed by atoms with Crippen molar-refractivity contribution >= 4 is 16.8 Å². The predicted octanol–water partition coefficient (Wildman–Crippen LogP) is 1.55. The normalized spacial score (nSPS) is 24.7. The molecule has 0 bridgehead atoms. The number of benzene rings is 1. The highest BCUT2D eigenvalue weighted by Crippen LogP contribution is 2.28. The highest BCUT2D eigenvalue weighted by Gasteiger charge is 2.36. The first-order chi connectivity index (χ1) is 13.2. The smallest absolute Gasteiger partial charge is 0.253 e. The summed E-state index contributed by atoms with van der Waals surface area (Å²) in [5.74, 6) is 0.920. The van der Waals surface area contributed by atoms with Crippen LogP contribution in [-0.2, 0) is 0 Å². The Morgan fingerprint density at radius 3 is 2.59 bits per heavy atom. The quantitative estimate of drug-likeness (QED) is 0.745. The van der Waals surface area contributed by atoms with Crippen molar-refractivity contribution in [3.63, 3.8) is 0 Å². The number of aromatic nitrogens is 1. The molecule has 2 unspecified atom stereocenters. The van der Waals surface area contributed by atoms with Crippen molar-refractivity contribution < 1.29 is 15.0 Å². The lowest BCUT2D eigenvalue weighted by molar-refractivity contribution is 0.0776. The monoisotopic (exact) mass is 371 g/mol. The van der Waals surface area contributed by atoms with Gasteiger partial charge in [0.1, 0.15) is 0 Å². The average molecular weight is 371 g/mol. The second-order valence-electron chi connectivity index (χ2n) is 8.12. The lowest BCUT2D eigenvalue weighted by atomic mass is 9.93. The molecule has 2 aromatic rings. The molecule has 0 spiro atoms. The maximum atomic E-state index is 13.0. The van der Waals surface area contributed by atoms with E-state index in [0.29, 0.717) is 30.5 Å². The zero-order chi connectivity index (χ0) is 18.8. The molecule has 4 rings (SSSR count). The first kappa shape index (κ1) is 18.5. The van der Waals surface area contributed by atoms with Gasteiger partial charge in [-0.15, -0.1) is 0 Å². The molecule has 6 nitrogen and oxygen atoms in total. The third-order valence-corrected chi connectivity index (χ3v) is 6.36. The number of nitrogens with one attached hydrogen (secondary N) is 1. The number of aromatic amines is 1. The summed E-state index contributed by atoms with van der Waals surface area (Å²) in [6.45, 7) is 4.64. The van der Waals surface area contributed by atoms with E-state index in [-0.39, 0.29) is 25.0 Å². The first-order valence-corrected chi connectivity index (χ1v) is 9.98. The zero-order valence-electron chi connectivity index (χ0n) is 15.7. The van der Waals surface area contributed by atoms with E-state index >= 15 is 0 Å². The van der Waals surface area contributed by atoms with Crippen molar-refractivity contribution in [3.05, 3.63) is 36.0 Å². The predicted molar refractivity (Wildman–Crippen MR) is 105 cm³/mol. The number of aliphatic hydroxyl groups is 2. The average Bonchev–Trinajstić information content (AvgIpc) is 3.34. The molecule has 1 amide bonds. The topological polar surface area (TPSA) is 79.8 Å². The number of rotatable bonds is 5. The maximum Gasteiger partial charge on any atom is 0.253 e. The van der Waals surface area contributed by atoms with Gasteiger partial charge in [-0.1, -0.05) is 6.07 Å². The zero-order valence-corrected chi connectivity index (χ0v) is 15.7. The number of fused-ring (bicyclic) bond motifs is 1. The summed E-state index contributed by atoms with van der Waals surface area (Å²) in [5.41, 5.74) is 1.67. The van der Waals surface area contributed by atoms with E-state index in [1.165, 1.54) is 0 Å². The second-order valence-corrected chi connectivity index (χ2v) is 8.12. The van der Waals surface area contributed by atoms with Gasteiger partial charge in [0.2, 0.25) is 0 Å². The van der Waals surface area contributed by atoms with Crippen LogP contribution in [0.2, 0.25) is 0 Å². The van der Waals surface area contributed by atoms with Gasteiger partial charge >= 0.3 is 0 Å². The fourth-order valence-electron chi connectivity index (χ4n) is 4.56. The Morgan fingerprint density at radius 2 is 1.85 bits per heavy atom. The standard InChI is InChI=1S/C21H29N3O3/c25-13-15-4-7-23(8-5-15)10-18-11-24(12-19(18)14-26)21(27)17-2-1-16-3-6-22-20(16)9-17/h1-3,6,9,15,18-19,22,25-26H,4-5,7-8,10-14H2. The maximum absolute atomic E-state index is 13.0. The molecule has 2 fully saturated rings. The van der Waals surface area contributed by atoms with Gasteiger partial charge in [0.15, 0.2) is 0 Å². The third kappa shape index (κ3) is 3.88. The lowest BCUT2D eigenvalue weighted by Gasteiger charge is -2.33. The van der Waals surface area contributed by atoms with E-state index in [1.54, 1.807) is 0 Å². The first-order valence-electron chi connectivity index (χ1n) is 9.98. The number of hydrogen-bond donors (Lipinski definition) is 3. The molecule has 3 N–H and O–H groups in total. The van der Waals surface area contributed by atoms with Crippen LogP contribution in [0.4, 0.5) is 0 Å². The third-order valence-electron chi connectivity index (χ3n) is 6.36. The molecule has 27 heavy (non-hydrogen) atoms. The number of likely N-dealkylation sites (tertiary alicyclic amines) is 2. The van der Waals surface area contributed by atoms with E-state index in [9.17, 15) is 15.0 Å². The molecule has 1 aromatic carbocycles. The van der Waals surface area contributed by atoms with Crippen molar-refractivity contribution in [1.29, 1.82) is 0 Å². The second kappa shape index (κ2) is 8.00. The van der Waals surface area contributed by atoms with Gasteiger partial charge < -0.3 is 25.0 Å². The highest BCUT2D eigenvalue weighted by atomic mass is 16.3. The summed E-state index contributed by atoms with van der Waals surface area (Å²) < 4.78 is 0. The van der Waals surface area contributed by atoms with Gasteiger partial charge in [-0.3, -0.25) is 4.79 Å². The SMILES string of the molecule is O=C(c1ccc2cc[nH]c2c1)N1CC(CO)C(CN2CCC(CO)CC2)C1. The molecular weight excluding hydrogens is 342 g/mol. The Hall–Kier alpha value is -1.89. The van der Waals surface area contributed by atoms with Gasteiger partial charge in [0.05, 0.1) is 0 Å². The van der Waals surface area contributed by atoms with Crippen LogP contribution in [0.25, 0.3) is 10.9 Å². The number of carbonyl (C=O) groups excluding carboxylic acids is 1. The number of amides is 1. The summed E-state index contributed by atoms with van der Waals surface area (Å²) >= 11 is 0. The molecule has 146 valence electrons. The number of H-pyrrole nitrogens is 1. The van der Waals surface area contributed by atoms with Crippen LogP contribution in [-0.4, -0.2) is 76.8 Å². The largest absolute Gasteiger partial charge is 0.396 e. The number of piperidine rings is 1. The summed E-state index contributed by atoms with van der Waals surface area (Å²) in [4.78, 5) is 20.5. The summed E-state index contributed by atoms with van der Waals surface area (Å²) in [6.07, 6.45) is 3.95. The molecule has 2 aliphatic heterocycles. The van der Waals surface area contributed by atoms with Crippen molar-refractivity contribution in [1.82, 2.24) is 14.8 Å². The van der Waals surface area contributed by atoms with Crippen LogP contribution in [0.5, 0.6) is 0 Å². The van der Waals surface area contributed by atoms with Crippen LogP contribution in [0, 0.1) is 17.8 Å². The van der Waals surface area contributed by atoms with E-state index in [1.807, 2.05) is 35.4 Å². The Bertz CT molecular complexity index is 782. The minimum atomic E-state index is 0.0476. The molecule has 2 saturated heterocycles. The van der Waals surface area contributed by atoms with Crippen molar-refractivity contribution in [3.8, 4) is 0 Å². The Kier molecular flexibility index (Phi) is 5.48. The van der Waals surface area contributed by atoms with Crippen LogP contribution in [0.1, 0.15) is 23.2 Å². The van der Waals surface area contributed by atoms with Gasteiger partial charge in [-0.25, -0.2) is 0 Å². The summed E-state index contributed by atoms with van der Waals surface area (Å²) in [5, 5.41) is 20.2. The molecule has 0 saturated carbocycles. The van der Waals surface area contributed by atoms with E-state index in [4.69, 9.17) is 0 Å². The Balaban J connectivity index is 1.40. The molecule has 2 atom stereocenters. The number of aliphatic hydroxyl groups excluding tert-OH is 2. The lowest BCUT2D eigenvalue weighted by Crippen LogP contribution is -2.40. The van der Waals surface area contributed by atoms with Gasteiger partial charge in [0, 0.05) is 56.0 Å². The van der Waals surface area contributed by atoms with E-state index in [2.05, 4.69) is 9.88 Å². The summed E-state index contributed by atoms with van der Waals surface area (Å²) in [7, 11) is 0. The van der Waals surface area contributed by atoms with Crippen LogP contribution in [0.3, 0.4) is 0 Å². The fraction of sp³-hybridized carbons (Fsp3) is 0.571. The summed E-state index contributed by atoms with van der Waals surface area (Å²) in [6, 6.07) is 7.77. The highest BCUT2D eigenvalue weighted by molar-refractivity contribution is 5.98. The Labute approximate surface area is 159 Å². The van der Waals surface area contributed by atoms with Crippen molar-refractivity contribution in [2.24, 2.45) is 17.8 Å². The van der Waals surface area contributed by atoms with Crippen LogP contribution in [0.15, 0.2) is 30.5 Å². The molecule has 1 aromatic heterocycles. The minimum Gasteiger partial charge on any atom is -0.396 e. The van der Waals surface area contributed by atoms with Crippen molar-refractivity contribution in [2.75, 3.05) is 45.9 Å². The minimum absolute atomic E-state index is 0.0476. The molecule has 0 aliphatic carbocycles. The molecule has 6 heteroatoms. The van der Waals surface area contributed by atoms with Gasteiger partial charge in [-0.2, -0.15) is 0 Å². The molecular formula is C21H29N3O3. The Morgan fingerprint density at radius 1 is 1.07 bits per heavy atom. The fourth-order valence-corrected chi connectivity index (χ4v) is 4.56. The number of carbonyl (C=O) groups is 1. The van der Waals surface area contributed by atoms with E-state index < -0.39 is 0 Å². The van der Waals surface area contributed by atoms with Gasteiger partial charge in [-0.05, 0) is 61.4 Å². The molecule has 3 heterocycles. The molecule has 2 aliphatic rings. The van der Waals surface area contributed by atoms with Gasteiger partial charge in [0.25, 0.3) is 5.91 Å².